The lowest BCUT2D eigenvalue weighted by atomic mass is 10.1. The summed E-state index contributed by atoms with van der Waals surface area (Å²) in [5.41, 5.74) is -0.639. The van der Waals surface area contributed by atoms with E-state index in [1.54, 1.807) is 20.8 Å². The lowest BCUT2D eigenvalue weighted by Crippen LogP contribution is -2.51. The van der Waals surface area contributed by atoms with Crippen molar-refractivity contribution in [2.24, 2.45) is 0 Å². The van der Waals surface area contributed by atoms with E-state index >= 15 is 0 Å². The Hall–Kier alpha value is -1.82. The van der Waals surface area contributed by atoms with Crippen LogP contribution in [0.1, 0.15) is 40.2 Å². The monoisotopic (exact) mass is 312 g/mol. The molecule has 0 aliphatic carbocycles. The van der Waals surface area contributed by atoms with Crippen molar-refractivity contribution in [3.8, 4) is 5.75 Å². The minimum Gasteiger partial charge on any atom is -0.508 e. The molecule has 0 aliphatic heterocycles. The van der Waals surface area contributed by atoms with Gasteiger partial charge in [0.25, 0.3) is 0 Å². The number of hydrogen-bond acceptors (Lipinski definition) is 4. The van der Waals surface area contributed by atoms with Crippen LogP contribution in [0.2, 0.25) is 0 Å². The van der Waals surface area contributed by atoms with Gasteiger partial charge in [-0.05, 0) is 52.8 Å². The van der Waals surface area contributed by atoms with E-state index in [4.69, 9.17) is 4.74 Å². The summed E-state index contributed by atoms with van der Waals surface area (Å²) in [5, 5.41) is 15.5. The van der Waals surface area contributed by atoms with Crippen LogP contribution in [-0.4, -0.2) is 28.9 Å². The van der Waals surface area contributed by atoms with E-state index in [0.717, 1.165) is 0 Å². The zero-order valence-corrected chi connectivity index (χ0v) is 13.8. The van der Waals surface area contributed by atoms with Gasteiger partial charge < -0.3 is 20.5 Å². The van der Waals surface area contributed by atoms with Crippen molar-refractivity contribution < 1.29 is 19.0 Å². The number of rotatable bonds is 5. The standard InChI is InChI=1S/C16H25FN2O3/c1-15(2,3)22-14(21)19-16(4,5)10-18-9-11-8-12(17)6-7-13(11)20/h6-8,18,20H,9-10H2,1-5H3,(H,19,21). The van der Waals surface area contributed by atoms with E-state index in [1.807, 2.05) is 13.8 Å². The summed E-state index contributed by atoms with van der Waals surface area (Å²) in [4.78, 5) is 11.8. The first-order valence-electron chi connectivity index (χ1n) is 7.18. The number of phenolic OH excluding ortho intramolecular Hbond substituents is 1. The van der Waals surface area contributed by atoms with E-state index in [9.17, 15) is 14.3 Å². The second-order valence-electron chi connectivity index (χ2n) is 6.89. The zero-order chi connectivity index (χ0) is 17.0. The molecule has 0 aromatic heterocycles. The first-order chi connectivity index (χ1) is 9.98. The molecule has 1 rings (SSSR count). The van der Waals surface area contributed by atoms with Gasteiger partial charge in [-0.15, -0.1) is 0 Å². The van der Waals surface area contributed by atoms with Crippen LogP contribution in [0.4, 0.5) is 9.18 Å². The Bertz CT molecular complexity index is 525. The number of halogens is 1. The fourth-order valence-corrected chi connectivity index (χ4v) is 1.83. The van der Waals surface area contributed by atoms with Crippen LogP contribution >= 0.6 is 0 Å². The minimum absolute atomic E-state index is 0.0341. The summed E-state index contributed by atoms with van der Waals surface area (Å²) >= 11 is 0. The Morgan fingerprint density at radius 3 is 2.50 bits per heavy atom. The number of carbonyl (C=O) groups is 1. The third kappa shape index (κ3) is 6.76. The third-order valence-corrected chi connectivity index (χ3v) is 2.76. The zero-order valence-electron chi connectivity index (χ0n) is 13.8. The fraction of sp³-hybridized carbons (Fsp3) is 0.562. The maximum atomic E-state index is 13.1. The van der Waals surface area contributed by atoms with Crippen LogP contribution < -0.4 is 10.6 Å². The largest absolute Gasteiger partial charge is 0.508 e. The molecule has 0 atom stereocenters. The summed E-state index contributed by atoms with van der Waals surface area (Å²) in [6.45, 7) is 9.80. The van der Waals surface area contributed by atoms with Crippen molar-refractivity contribution in [3.05, 3.63) is 29.6 Å². The molecule has 1 aromatic carbocycles. The summed E-state index contributed by atoms with van der Waals surface area (Å²) < 4.78 is 18.3. The summed E-state index contributed by atoms with van der Waals surface area (Å²) in [7, 11) is 0. The van der Waals surface area contributed by atoms with Crippen LogP contribution in [0.15, 0.2) is 18.2 Å². The molecule has 6 heteroatoms. The van der Waals surface area contributed by atoms with E-state index in [2.05, 4.69) is 10.6 Å². The quantitative estimate of drug-likeness (QED) is 0.782. The Kier molecular flexibility index (Phi) is 5.77. The molecular formula is C16H25FN2O3. The average Bonchev–Trinajstić information content (AvgIpc) is 2.30. The van der Waals surface area contributed by atoms with Crippen molar-refractivity contribution >= 4 is 6.09 Å². The second-order valence-corrected chi connectivity index (χ2v) is 6.89. The van der Waals surface area contributed by atoms with Crippen molar-refractivity contribution in [2.45, 2.75) is 52.3 Å². The van der Waals surface area contributed by atoms with Crippen molar-refractivity contribution in [1.29, 1.82) is 0 Å². The van der Waals surface area contributed by atoms with Gasteiger partial charge in [0, 0.05) is 18.7 Å². The van der Waals surface area contributed by atoms with E-state index in [1.165, 1.54) is 18.2 Å². The summed E-state index contributed by atoms with van der Waals surface area (Å²) in [6, 6.07) is 3.79. The van der Waals surface area contributed by atoms with Crippen LogP contribution in [-0.2, 0) is 11.3 Å². The molecule has 0 heterocycles. The first-order valence-corrected chi connectivity index (χ1v) is 7.18. The molecule has 0 saturated heterocycles. The van der Waals surface area contributed by atoms with Gasteiger partial charge in [0.2, 0.25) is 0 Å². The van der Waals surface area contributed by atoms with Gasteiger partial charge in [0.1, 0.15) is 17.2 Å². The smallest absolute Gasteiger partial charge is 0.408 e. The molecule has 0 saturated carbocycles. The predicted octanol–water partition coefficient (Wildman–Crippen LogP) is 2.92. The number of hydrogen-bond donors (Lipinski definition) is 3. The maximum Gasteiger partial charge on any atom is 0.408 e. The molecule has 0 spiro atoms. The molecule has 0 unspecified atom stereocenters. The van der Waals surface area contributed by atoms with Gasteiger partial charge in [0.15, 0.2) is 0 Å². The molecule has 0 aliphatic rings. The average molecular weight is 312 g/mol. The van der Waals surface area contributed by atoms with Crippen molar-refractivity contribution in [3.63, 3.8) is 0 Å². The number of phenols is 1. The molecule has 0 bridgehead atoms. The predicted molar refractivity (Wildman–Crippen MR) is 83.2 cm³/mol. The molecule has 5 nitrogen and oxygen atoms in total. The summed E-state index contributed by atoms with van der Waals surface area (Å²) in [6.07, 6.45) is -0.493. The number of amides is 1. The molecular weight excluding hydrogens is 287 g/mol. The summed E-state index contributed by atoms with van der Waals surface area (Å²) in [5.74, 6) is -0.368. The van der Waals surface area contributed by atoms with E-state index in [0.29, 0.717) is 18.7 Å². The number of aromatic hydroxyl groups is 1. The van der Waals surface area contributed by atoms with Crippen molar-refractivity contribution in [2.75, 3.05) is 6.54 Å². The van der Waals surface area contributed by atoms with Crippen LogP contribution in [0, 0.1) is 5.82 Å². The highest BCUT2D eigenvalue weighted by molar-refractivity contribution is 5.68. The Balaban J connectivity index is 2.48. The highest BCUT2D eigenvalue weighted by atomic mass is 19.1. The first kappa shape index (κ1) is 18.2. The SMILES string of the molecule is CC(C)(CNCc1cc(F)ccc1O)NC(=O)OC(C)(C)C. The van der Waals surface area contributed by atoms with Crippen molar-refractivity contribution in [1.82, 2.24) is 10.6 Å². The van der Waals surface area contributed by atoms with Gasteiger partial charge in [-0.25, -0.2) is 9.18 Å². The number of carbonyl (C=O) groups excluding carboxylic acids is 1. The van der Waals surface area contributed by atoms with Gasteiger partial charge in [-0.3, -0.25) is 0 Å². The lowest BCUT2D eigenvalue weighted by Gasteiger charge is -2.29. The topological polar surface area (TPSA) is 70.6 Å². The van der Waals surface area contributed by atoms with E-state index in [-0.39, 0.29) is 5.75 Å². The number of nitrogens with one attached hydrogen (secondary N) is 2. The number of ether oxygens (including phenoxy) is 1. The highest BCUT2D eigenvalue weighted by Crippen LogP contribution is 2.17. The molecule has 0 radical (unpaired) electrons. The highest BCUT2D eigenvalue weighted by Gasteiger charge is 2.24. The van der Waals surface area contributed by atoms with Crippen LogP contribution in [0.25, 0.3) is 0 Å². The fourth-order valence-electron chi connectivity index (χ4n) is 1.83. The molecule has 1 aromatic rings. The Morgan fingerprint density at radius 2 is 1.91 bits per heavy atom. The van der Waals surface area contributed by atoms with E-state index < -0.39 is 23.1 Å². The normalized spacial score (nSPS) is 12.1. The molecule has 124 valence electrons. The second kappa shape index (κ2) is 6.96. The van der Waals surface area contributed by atoms with Gasteiger partial charge >= 0.3 is 6.09 Å². The minimum atomic E-state index is -0.555. The number of alkyl carbamates (subject to hydrolysis) is 1. The maximum absolute atomic E-state index is 13.1. The molecule has 1 amide bonds. The molecule has 3 N–H and O–H groups in total. The van der Waals surface area contributed by atoms with Gasteiger partial charge in [-0.1, -0.05) is 0 Å². The van der Waals surface area contributed by atoms with Gasteiger partial charge in [-0.2, -0.15) is 0 Å². The lowest BCUT2D eigenvalue weighted by molar-refractivity contribution is 0.0472. The third-order valence-electron chi connectivity index (χ3n) is 2.76. The molecule has 22 heavy (non-hydrogen) atoms. The van der Waals surface area contributed by atoms with Crippen LogP contribution in [0.3, 0.4) is 0 Å². The Labute approximate surface area is 130 Å². The Morgan fingerprint density at radius 1 is 1.27 bits per heavy atom. The van der Waals surface area contributed by atoms with Crippen LogP contribution in [0.5, 0.6) is 5.75 Å². The number of benzene rings is 1. The molecule has 0 fully saturated rings. The van der Waals surface area contributed by atoms with Gasteiger partial charge in [0.05, 0.1) is 5.54 Å².